The summed E-state index contributed by atoms with van der Waals surface area (Å²) in [5.74, 6) is 1.34. The molecule has 1 aromatic heterocycles. The van der Waals surface area contributed by atoms with Crippen LogP contribution in [0.4, 0.5) is 10.7 Å². The number of hydrogen-bond acceptors (Lipinski definition) is 8. The second kappa shape index (κ2) is 13.7. The number of hydrogen-bond donors (Lipinski definition) is 1. The Labute approximate surface area is 283 Å². The zero-order valence-electron chi connectivity index (χ0n) is 28.4. The number of ether oxygens (including phenoxy) is 2. The maximum Gasteiger partial charge on any atom is 0.410 e. The molecule has 47 heavy (non-hydrogen) atoms. The molecule has 1 saturated carbocycles. The maximum absolute atomic E-state index is 14.5. The van der Waals surface area contributed by atoms with E-state index >= 15 is 0 Å². The Kier molecular flexibility index (Phi) is 9.69. The van der Waals surface area contributed by atoms with Crippen LogP contribution in [-0.2, 0) is 4.74 Å². The number of amides is 2. The number of nitrogens with zero attached hydrogens (tertiary/aromatic N) is 4. The van der Waals surface area contributed by atoms with Crippen molar-refractivity contribution in [3.8, 4) is 17.1 Å². The van der Waals surface area contributed by atoms with Gasteiger partial charge in [-0.05, 0) is 112 Å². The van der Waals surface area contributed by atoms with Crippen molar-refractivity contribution >= 4 is 29.9 Å². The van der Waals surface area contributed by atoms with Gasteiger partial charge in [-0.15, -0.1) is 0 Å². The van der Waals surface area contributed by atoms with Crippen LogP contribution >= 0.6 is 11.9 Å². The molecule has 1 aliphatic carbocycles. The van der Waals surface area contributed by atoms with Crippen molar-refractivity contribution < 1.29 is 19.1 Å². The van der Waals surface area contributed by atoms with Crippen molar-refractivity contribution in [2.24, 2.45) is 11.3 Å². The zero-order chi connectivity index (χ0) is 33.3. The average Bonchev–Trinajstić information content (AvgIpc) is 3.01. The van der Waals surface area contributed by atoms with Crippen LogP contribution in [0.5, 0.6) is 5.88 Å². The van der Waals surface area contributed by atoms with Gasteiger partial charge in [0.15, 0.2) is 0 Å². The van der Waals surface area contributed by atoms with Gasteiger partial charge in [-0.2, -0.15) is 4.98 Å². The van der Waals surface area contributed by atoms with E-state index in [0.717, 1.165) is 59.4 Å². The molecule has 1 N–H and O–H groups in total. The third-order valence-electron chi connectivity index (χ3n) is 9.73. The lowest BCUT2D eigenvalue weighted by molar-refractivity contribution is -0.0521. The second-order valence-corrected chi connectivity index (χ2v) is 15.1. The molecule has 2 amide bonds. The van der Waals surface area contributed by atoms with Crippen molar-refractivity contribution in [1.82, 2.24) is 19.8 Å². The van der Waals surface area contributed by atoms with Gasteiger partial charge in [-0.3, -0.25) is 9.52 Å². The van der Waals surface area contributed by atoms with Gasteiger partial charge < -0.3 is 19.3 Å². The summed E-state index contributed by atoms with van der Waals surface area (Å²) in [6, 6.07) is 15.9. The normalized spacial score (nSPS) is 19.7. The summed E-state index contributed by atoms with van der Waals surface area (Å²) in [7, 11) is 0. The number of nitrogens with one attached hydrogen (secondary N) is 1. The fourth-order valence-corrected chi connectivity index (χ4v) is 8.07. The number of aryl methyl sites for hydroxylation is 2. The number of carbonyl (C=O) groups excluding carboxylic acids is 2. The molecule has 9 nitrogen and oxygen atoms in total. The predicted molar refractivity (Wildman–Crippen MR) is 186 cm³/mol. The van der Waals surface area contributed by atoms with Crippen LogP contribution < -0.4 is 9.46 Å². The number of anilines is 1. The van der Waals surface area contributed by atoms with E-state index in [4.69, 9.17) is 19.4 Å². The summed E-state index contributed by atoms with van der Waals surface area (Å²) in [5, 5.41) is 0. The molecule has 3 aliphatic rings. The van der Waals surface area contributed by atoms with E-state index in [0.29, 0.717) is 43.0 Å². The van der Waals surface area contributed by atoms with Crippen LogP contribution in [0.25, 0.3) is 11.3 Å². The standard InChI is InChI=1S/C37H47N5O4S/c1-23(2)17-28-22-45-32-19-31(33-25(5)9-7-10-26(33)6)38-35(39-32)40-47-30-12-8-11-27(18-30)34(43)42(28)29-20-37(21-29)13-15-41(16-14-37)36(44)46-24(3)4/h7-12,18-19,23-24,28-29H,13-17,20-22H2,1-6H3,(H,38,39,40)/t28-/m1/s1. The highest BCUT2D eigenvalue weighted by Crippen LogP contribution is 2.52. The molecule has 6 rings (SSSR count). The quantitative estimate of drug-likeness (QED) is 0.277. The molecular formula is C37H47N5O4S. The third-order valence-corrected chi connectivity index (χ3v) is 10.5. The highest BCUT2D eigenvalue weighted by atomic mass is 32.2. The van der Waals surface area contributed by atoms with Crippen molar-refractivity contribution in [2.75, 3.05) is 24.4 Å². The Hall–Kier alpha value is -3.79. The van der Waals surface area contributed by atoms with E-state index in [-0.39, 0.29) is 35.6 Å². The van der Waals surface area contributed by atoms with Crippen LogP contribution in [-0.4, -0.2) is 69.7 Å². The molecule has 2 aromatic carbocycles. The zero-order valence-corrected chi connectivity index (χ0v) is 29.2. The Morgan fingerprint density at radius 1 is 1.04 bits per heavy atom. The van der Waals surface area contributed by atoms with E-state index in [1.165, 1.54) is 11.9 Å². The first kappa shape index (κ1) is 33.1. The third kappa shape index (κ3) is 7.37. The topological polar surface area (TPSA) is 96.9 Å². The molecule has 250 valence electrons. The highest BCUT2D eigenvalue weighted by molar-refractivity contribution is 8.00. The number of rotatable bonds is 5. The van der Waals surface area contributed by atoms with Crippen molar-refractivity contribution in [3.63, 3.8) is 0 Å². The molecule has 4 bridgehead atoms. The van der Waals surface area contributed by atoms with Crippen LogP contribution in [0.2, 0.25) is 0 Å². The maximum atomic E-state index is 14.5. The van der Waals surface area contributed by atoms with E-state index in [2.05, 4.69) is 55.5 Å². The summed E-state index contributed by atoms with van der Waals surface area (Å²) in [6.45, 7) is 14.0. The number of aromatic nitrogens is 2. The first-order chi connectivity index (χ1) is 22.5. The summed E-state index contributed by atoms with van der Waals surface area (Å²) in [6.07, 6.45) is 4.14. The SMILES string of the molecule is Cc1cccc(C)c1-c1cc2nc(n1)NSc1cccc(c1)C(=O)N(C1CC3(CCN(C(=O)OC(C)C)CC3)C1)[C@H](CC(C)C)CO2. The van der Waals surface area contributed by atoms with E-state index < -0.39 is 0 Å². The summed E-state index contributed by atoms with van der Waals surface area (Å²) in [5.41, 5.74) is 4.94. The lowest BCUT2D eigenvalue weighted by Gasteiger charge is -2.56. The van der Waals surface area contributed by atoms with Gasteiger partial charge >= 0.3 is 6.09 Å². The van der Waals surface area contributed by atoms with Gasteiger partial charge in [0.25, 0.3) is 5.91 Å². The fourth-order valence-electron chi connectivity index (χ4n) is 7.44. The summed E-state index contributed by atoms with van der Waals surface area (Å²) < 4.78 is 15.3. The molecule has 1 spiro atoms. The molecule has 1 atom stereocenters. The van der Waals surface area contributed by atoms with Gasteiger partial charge in [0.2, 0.25) is 11.8 Å². The lowest BCUT2D eigenvalue weighted by Crippen LogP contribution is -2.60. The summed E-state index contributed by atoms with van der Waals surface area (Å²) >= 11 is 1.39. The van der Waals surface area contributed by atoms with Gasteiger partial charge in [-0.25, -0.2) is 9.78 Å². The van der Waals surface area contributed by atoms with Crippen molar-refractivity contribution in [1.29, 1.82) is 0 Å². The average molecular weight is 658 g/mol. The Balaban J connectivity index is 1.30. The van der Waals surface area contributed by atoms with Crippen LogP contribution in [0.15, 0.2) is 53.4 Å². The van der Waals surface area contributed by atoms with Crippen LogP contribution in [0, 0.1) is 25.2 Å². The van der Waals surface area contributed by atoms with Gasteiger partial charge in [-0.1, -0.05) is 38.1 Å². The summed E-state index contributed by atoms with van der Waals surface area (Å²) in [4.78, 5) is 41.5. The predicted octanol–water partition coefficient (Wildman–Crippen LogP) is 7.92. The van der Waals surface area contributed by atoms with E-state index in [1.807, 2.05) is 49.1 Å². The minimum absolute atomic E-state index is 0.0350. The molecule has 3 heterocycles. The van der Waals surface area contributed by atoms with E-state index in [9.17, 15) is 9.59 Å². The number of piperidine rings is 1. The monoisotopic (exact) mass is 657 g/mol. The second-order valence-electron chi connectivity index (χ2n) is 14.2. The van der Waals surface area contributed by atoms with Gasteiger partial charge in [0, 0.05) is 41.2 Å². The lowest BCUT2D eigenvalue weighted by atomic mass is 9.59. The Morgan fingerprint density at radius 3 is 2.43 bits per heavy atom. The molecule has 2 aliphatic heterocycles. The molecule has 0 unspecified atom stereocenters. The minimum Gasteiger partial charge on any atom is -0.475 e. The Bertz CT molecular complexity index is 1590. The fraction of sp³-hybridized carbons (Fsp3) is 0.514. The van der Waals surface area contributed by atoms with E-state index in [1.54, 1.807) is 0 Å². The molecule has 10 heteroatoms. The molecule has 0 radical (unpaired) electrons. The van der Waals surface area contributed by atoms with Gasteiger partial charge in [0.05, 0.1) is 17.8 Å². The van der Waals surface area contributed by atoms with Crippen molar-refractivity contribution in [2.45, 2.75) is 96.7 Å². The van der Waals surface area contributed by atoms with Crippen molar-refractivity contribution in [3.05, 3.63) is 65.2 Å². The van der Waals surface area contributed by atoms with Crippen LogP contribution in [0.3, 0.4) is 0 Å². The number of fused-ring (bicyclic) bond motifs is 4. The highest BCUT2D eigenvalue weighted by Gasteiger charge is 2.51. The Morgan fingerprint density at radius 2 is 1.74 bits per heavy atom. The molecule has 2 fully saturated rings. The first-order valence-corrected chi connectivity index (χ1v) is 17.7. The first-order valence-electron chi connectivity index (χ1n) is 16.9. The number of likely N-dealkylation sites (tertiary alicyclic amines) is 1. The van der Waals surface area contributed by atoms with Gasteiger partial charge in [0.1, 0.15) is 6.61 Å². The number of benzene rings is 2. The number of carbonyl (C=O) groups is 2. The van der Waals surface area contributed by atoms with Crippen LogP contribution in [0.1, 0.15) is 81.3 Å². The molecule has 3 aromatic rings. The smallest absolute Gasteiger partial charge is 0.410 e. The minimum atomic E-state index is -0.227. The largest absolute Gasteiger partial charge is 0.475 e. The molecular weight excluding hydrogens is 611 g/mol. The molecule has 1 saturated heterocycles.